The molecule has 8 rings (SSSR count). The molecule has 3 heteroatoms. The second kappa shape index (κ2) is 12.0. The predicted molar refractivity (Wildman–Crippen MR) is 202 cm³/mol. The monoisotopic (exact) mass is 640 g/mol. The van der Waals surface area contributed by atoms with Gasteiger partial charge < -0.3 is 4.42 Å². The molecule has 0 radical (unpaired) electrons. The van der Waals surface area contributed by atoms with Crippen molar-refractivity contribution in [3.8, 4) is 33.6 Å². The molecule has 3 nitrogen and oxygen atoms in total. The summed E-state index contributed by atoms with van der Waals surface area (Å²) in [4.78, 5) is 0. The Bertz CT molecular complexity index is 2390. The van der Waals surface area contributed by atoms with E-state index in [1.165, 1.54) is 33.5 Å². The van der Waals surface area contributed by atoms with E-state index in [-0.39, 0.29) is 11.5 Å². The zero-order valence-electron chi connectivity index (χ0n) is 29.4. The molecule has 4 heterocycles. The minimum Gasteiger partial charge on any atom is -0.454 e. The van der Waals surface area contributed by atoms with E-state index in [1.54, 1.807) is 0 Å². The Hall–Kier alpha value is -5.28. The van der Waals surface area contributed by atoms with Gasteiger partial charge in [-0.15, -0.1) is 0 Å². The quantitative estimate of drug-likeness (QED) is 0.135. The van der Waals surface area contributed by atoms with Crippen LogP contribution in [-0.2, 0) is 18.9 Å². The maximum absolute atomic E-state index is 7.02. The molecule has 2 atom stereocenters. The predicted octanol–water partition coefficient (Wildman–Crippen LogP) is 10.8. The van der Waals surface area contributed by atoms with Gasteiger partial charge in [-0.1, -0.05) is 113 Å². The van der Waals surface area contributed by atoms with Crippen molar-refractivity contribution < 1.29 is 13.6 Å². The number of aromatic nitrogens is 2. The molecule has 4 aromatic carbocycles. The van der Waals surface area contributed by atoms with Crippen LogP contribution in [0.15, 0.2) is 138 Å². The summed E-state index contributed by atoms with van der Waals surface area (Å²) in [7, 11) is 2.15. The van der Waals surface area contributed by atoms with Gasteiger partial charge in [-0.2, -0.15) is 4.57 Å². The van der Waals surface area contributed by atoms with Crippen LogP contribution in [0.5, 0.6) is 0 Å². The third kappa shape index (κ3) is 5.38. The number of fused-ring (bicyclic) bond motifs is 6. The van der Waals surface area contributed by atoms with Gasteiger partial charge in [-0.25, -0.2) is 4.57 Å². The number of furan rings is 1. The molecule has 0 aliphatic carbocycles. The standard InChI is InChI=1S/C46H44N2O/c1-30-22-25-41-37-18-11-10-17-35(37)31(2)40(48(41)29-30)21-12-16-33-23-24-39-38-20-13-19-36(32-14-8-7-9-15-32)44(38)49-45(39)43(33)42-28-34(46(3,4)5)26-27-47(42)6/h7-15,17-29,31,40H,16H2,1-6H3/q+2/b21-12+. The molecule has 0 bridgehead atoms. The molecule has 7 aromatic rings. The number of allylic oxidation sites excluding steroid dienone is 2. The molecule has 2 unspecified atom stereocenters. The molecule has 0 amide bonds. The summed E-state index contributed by atoms with van der Waals surface area (Å²) in [6.07, 6.45) is 10.1. The minimum absolute atomic E-state index is 0.0154. The van der Waals surface area contributed by atoms with E-state index in [4.69, 9.17) is 4.42 Å². The first-order chi connectivity index (χ1) is 23.7. The van der Waals surface area contributed by atoms with Crippen LogP contribution in [0.25, 0.3) is 55.6 Å². The van der Waals surface area contributed by atoms with Crippen LogP contribution in [-0.4, -0.2) is 0 Å². The SMILES string of the molecule is Cc1ccc2[n+](c1)C(/C=C/Cc1ccc3c(oc4c(-c5ccccc5)cccc43)c1-c1cc(C(C)(C)C)cc[n+]1C)C(C)c1ccccc1-2. The summed E-state index contributed by atoms with van der Waals surface area (Å²) in [6, 6.07) is 39.9. The van der Waals surface area contributed by atoms with Gasteiger partial charge in [0.05, 0.1) is 5.56 Å². The highest BCUT2D eigenvalue weighted by atomic mass is 16.3. The fourth-order valence-electron chi connectivity index (χ4n) is 7.73. The molecule has 0 fully saturated rings. The van der Waals surface area contributed by atoms with Crippen LogP contribution in [0.2, 0.25) is 0 Å². The fraction of sp³-hybridized carbons (Fsp3) is 0.217. The van der Waals surface area contributed by atoms with Crippen LogP contribution in [0, 0.1) is 6.92 Å². The molecule has 0 spiro atoms. The molecular formula is C46H44N2O+2. The second-order valence-electron chi connectivity index (χ2n) is 14.8. The van der Waals surface area contributed by atoms with E-state index in [9.17, 15) is 0 Å². The summed E-state index contributed by atoms with van der Waals surface area (Å²) >= 11 is 0. The van der Waals surface area contributed by atoms with Gasteiger partial charge >= 0.3 is 0 Å². The molecule has 1 aliphatic rings. The lowest BCUT2D eigenvalue weighted by molar-refractivity contribution is -0.707. The van der Waals surface area contributed by atoms with Crippen LogP contribution in [0.3, 0.4) is 0 Å². The number of rotatable bonds is 5. The fourth-order valence-corrected chi connectivity index (χ4v) is 7.73. The lowest BCUT2D eigenvalue weighted by Crippen LogP contribution is -2.46. The van der Waals surface area contributed by atoms with Crippen molar-refractivity contribution in [3.63, 3.8) is 0 Å². The molecule has 3 aromatic heterocycles. The molecule has 1 aliphatic heterocycles. The van der Waals surface area contributed by atoms with Crippen molar-refractivity contribution in [3.05, 3.63) is 156 Å². The lowest BCUT2D eigenvalue weighted by atomic mass is 9.83. The molecule has 0 saturated carbocycles. The third-order valence-corrected chi connectivity index (χ3v) is 10.5. The minimum atomic E-state index is 0.0154. The van der Waals surface area contributed by atoms with Crippen molar-refractivity contribution in [2.75, 3.05) is 0 Å². The number of aryl methyl sites for hydroxylation is 2. The van der Waals surface area contributed by atoms with Gasteiger partial charge in [-0.3, -0.25) is 0 Å². The van der Waals surface area contributed by atoms with Gasteiger partial charge in [0.15, 0.2) is 18.4 Å². The first-order valence-electron chi connectivity index (χ1n) is 17.5. The Kier molecular flexibility index (Phi) is 7.60. The number of para-hydroxylation sites is 1. The lowest BCUT2D eigenvalue weighted by Gasteiger charge is -2.26. The highest BCUT2D eigenvalue weighted by Gasteiger charge is 2.36. The van der Waals surface area contributed by atoms with Crippen LogP contribution in [0.1, 0.15) is 61.9 Å². The maximum Gasteiger partial charge on any atom is 0.216 e. The van der Waals surface area contributed by atoms with Crippen molar-refractivity contribution in [2.24, 2.45) is 7.05 Å². The van der Waals surface area contributed by atoms with Crippen molar-refractivity contribution in [2.45, 2.75) is 58.4 Å². The smallest absolute Gasteiger partial charge is 0.216 e. The van der Waals surface area contributed by atoms with E-state index in [0.29, 0.717) is 5.92 Å². The van der Waals surface area contributed by atoms with Gasteiger partial charge in [0.2, 0.25) is 11.4 Å². The van der Waals surface area contributed by atoms with E-state index in [0.717, 1.165) is 50.7 Å². The maximum atomic E-state index is 7.02. The summed E-state index contributed by atoms with van der Waals surface area (Å²) in [5.74, 6) is 0.349. The average Bonchev–Trinajstić information content (AvgIpc) is 3.49. The summed E-state index contributed by atoms with van der Waals surface area (Å²) in [6.45, 7) is 11.4. The topological polar surface area (TPSA) is 20.9 Å². The molecule has 0 saturated heterocycles. The first kappa shape index (κ1) is 31.0. The zero-order chi connectivity index (χ0) is 33.9. The number of hydrogen-bond donors (Lipinski definition) is 0. The van der Waals surface area contributed by atoms with Crippen LogP contribution < -0.4 is 9.13 Å². The average molecular weight is 641 g/mol. The Morgan fingerprint density at radius 2 is 1.51 bits per heavy atom. The molecule has 0 N–H and O–H groups in total. The van der Waals surface area contributed by atoms with Crippen molar-refractivity contribution in [1.82, 2.24) is 0 Å². The Labute approximate surface area is 289 Å². The van der Waals surface area contributed by atoms with Crippen LogP contribution in [0.4, 0.5) is 0 Å². The van der Waals surface area contributed by atoms with Gasteiger partial charge in [-0.05, 0) is 59.2 Å². The van der Waals surface area contributed by atoms with Crippen molar-refractivity contribution >= 4 is 21.9 Å². The van der Waals surface area contributed by atoms with E-state index in [2.05, 4.69) is 185 Å². The van der Waals surface area contributed by atoms with E-state index < -0.39 is 0 Å². The zero-order valence-corrected chi connectivity index (χ0v) is 29.4. The summed E-state index contributed by atoms with van der Waals surface area (Å²) in [5, 5.41) is 2.29. The number of nitrogens with zero attached hydrogens (tertiary/aromatic N) is 2. The normalized spacial score (nSPS) is 16.0. The van der Waals surface area contributed by atoms with Gasteiger partial charge in [0, 0.05) is 51.6 Å². The Morgan fingerprint density at radius 1 is 0.755 bits per heavy atom. The van der Waals surface area contributed by atoms with E-state index in [1.807, 2.05) is 0 Å². The number of hydrogen-bond acceptors (Lipinski definition) is 1. The number of pyridine rings is 2. The molecular weight excluding hydrogens is 597 g/mol. The first-order valence-corrected chi connectivity index (χ1v) is 17.5. The summed E-state index contributed by atoms with van der Waals surface area (Å²) in [5.41, 5.74) is 14.3. The largest absolute Gasteiger partial charge is 0.454 e. The summed E-state index contributed by atoms with van der Waals surface area (Å²) < 4.78 is 11.7. The molecule has 242 valence electrons. The van der Waals surface area contributed by atoms with E-state index >= 15 is 0 Å². The highest BCUT2D eigenvalue weighted by molar-refractivity contribution is 6.13. The Balaban J connectivity index is 1.29. The van der Waals surface area contributed by atoms with Crippen LogP contribution >= 0.6 is 0 Å². The second-order valence-corrected chi connectivity index (χ2v) is 14.8. The van der Waals surface area contributed by atoms with Crippen molar-refractivity contribution in [1.29, 1.82) is 0 Å². The molecule has 49 heavy (non-hydrogen) atoms. The Morgan fingerprint density at radius 3 is 2.33 bits per heavy atom. The highest BCUT2D eigenvalue weighted by Crippen LogP contribution is 2.42. The number of benzene rings is 4. The van der Waals surface area contributed by atoms with Gasteiger partial charge in [0.1, 0.15) is 18.2 Å². The van der Waals surface area contributed by atoms with Gasteiger partial charge in [0.25, 0.3) is 0 Å². The third-order valence-electron chi connectivity index (χ3n) is 10.5.